The minimum absolute atomic E-state index is 0.0781. The number of terminal acetylenes is 1. The molecule has 0 unspecified atom stereocenters. The second kappa shape index (κ2) is 3.59. The predicted molar refractivity (Wildman–Crippen MR) is 45.4 cm³/mol. The Bertz CT molecular complexity index is 213. The van der Waals surface area contributed by atoms with Crippen molar-refractivity contribution in [2.24, 2.45) is 5.41 Å². The van der Waals surface area contributed by atoms with E-state index < -0.39 is 0 Å². The molecular weight excluding hydrogens is 154 g/mol. The Labute approximate surface area is 72.5 Å². The monoisotopic (exact) mass is 167 g/mol. The Morgan fingerprint density at radius 3 is 2.83 bits per heavy atom. The maximum absolute atomic E-state index is 10.9. The maximum atomic E-state index is 10.9. The Morgan fingerprint density at radius 1 is 1.75 bits per heavy atom. The fourth-order valence-electron chi connectivity index (χ4n) is 1.02. The Balaban J connectivity index is 2.17. The lowest BCUT2D eigenvalue weighted by Gasteiger charge is -2.37. The summed E-state index contributed by atoms with van der Waals surface area (Å²) in [6.45, 7) is 4.19. The molecule has 0 radical (unpaired) electrons. The van der Waals surface area contributed by atoms with Crippen molar-refractivity contribution in [3.63, 3.8) is 0 Å². The summed E-state index contributed by atoms with van der Waals surface area (Å²) in [7, 11) is 0. The molecule has 3 heteroatoms. The summed E-state index contributed by atoms with van der Waals surface area (Å²) in [5.41, 5.74) is 0.129. The van der Waals surface area contributed by atoms with Crippen LogP contribution in [0.2, 0.25) is 0 Å². The summed E-state index contributed by atoms with van der Waals surface area (Å²) in [4.78, 5) is 10.9. The molecule has 1 fully saturated rings. The van der Waals surface area contributed by atoms with Gasteiger partial charge in [0.1, 0.15) is 0 Å². The lowest BCUT2D eigenvalue weighted by Crippen LogP contribution is -2.48. The van der Waals surface area contributed by atoms with Gasteiger partial charge in [0.15, 0.2) is 0 Å². The summed E-state index contributed by atoms with van der Waals surface area (Å²) < 4.78 is 5.04. The van der Waals surface area contributed by atoms with Gasteiger partial charge in [0.05, 0.1) is 19.6 Å². The minimum atomic E-state index is -0.0781. The molecular formula is C9H13NO2. The second-order valence-corrected chi connectivity index (χ2v) is 3.46. The van der Waals surface area contributed by atoms with E-state index in [9.17, 15) is 4.79 Å². The van der Waals surface area contributed by atoms with Gasteiger partial charge in [-0.2, -0.15) is 0 Å². The fourth-order valence-corrected chi connectivity index (χ4v) is 1.02. The summed E-state index contributed by atoms with van der Waals surface area (Å²) in [6, 6.07) is 0. The number of hydrogen-bond acceptors (Lipinski definition) is 2. The van der Waals surface area contributed by atoms with Crippen LogP contribution in [0.15, 0.2) is 0 Å². The molecule has 0 spiro atoms. The first kappa shape index (κ1) is 9.08. The van der Waals surface area contributed by atoms with Gasteiger partial charge in [-0.15, -0.1) is 6.42 Å². The molecule has 0 aromatic rings. The van der Waals surface area contributed by atoms with Crippen LogP contribution in [-0.4, -0.2) is 25.7 Å². The molecule has 12 heavy (non-hydrogen) atoms. The van der Waals surface area contributed by atoms with Crippen LogP contribution in [0.4, 0.5) is 0 Å². The quantitative estimate of drug-likeness (QED) is 0.608. The number of hydrogen-bond donors (Lipinski definition) is 1. The van der Waals surface area contributed by atoms with Crippen molar-refractivity contribution in [2.45, 2.75) is 13.3 Å². The van der Waals surface area contributed by atoms with Gasteiger partial charge >= 0.3 is 0 Å². The highest BCUT2D eigenvalue weighted by atomic mass is 16.5. The van der Waals surface area contributed by atoms with E-state index in [0.29, 0.717) is 6.54 Å². The number of carbonyl (C=O) groups is 1. The standard InChI is InChI=1S/C9H13NO2/c1-3-4-8(11)10-5-9(2)6-12-7-9/h1H,4-7H2,2H3,(H,10,11). The van der Waals surface area contributed by atoms with Gasteiger partial charge in [-0.1, -0.05) is 12.8 Å². The normalized spacial score (nSPS) is 19.0. The Hall–Kier alpha value is -1.01. The van der Waals surface area contributed by atoms with Crippen LogP contribution in [0.1, 0.15) is 13.3 Å². The number of carbonyl (C=O) groups excluding carboxylic acids is 1. The minimum Gasteiger partial charge on any atom is -0.380 e. The van der Waals surface area contributed by atoms with Crippen molar-refractivity contribution in [1.29, 1.82) is 0 Å². The van der Waals surface area contributed by atoms with E-state index in [-0.39, 0.29) is 17.7 Å². The van der Waals surface area contributed by atoms with E-state index in [2.05, 4.69) is 18.2 Å². The van der Waals surface area contributed by atoms with Crippen LogP contribution in [0.5, 0.6) is 0 Å². The summed E-state index contributed by atoms with van der Waals surface area (Å²) in [5.74, 6) is 2.22. The molecule has 0 bridgehead atoms. The highest BCUT2D eigenvalue weighted by Gasteiger charge is 2.33. The average molecular weight is 167 g/mol. The van der Waals surface area contributed by atoms with Crippen molar-refractivity contribution < 1.29 is 9.53 Å². The third-order valence-corrected chi connectivity index (χ3v) is 1.88. The van der Waals surface area contributed by atoms with E-state index in [1.165, 1.54) is 0 Å². The molecule has 1 rings (SSSR count). The second-order valence-electron chi connectivity index (χ2n) is 3.46. The zero-order valence-electron chi connectivity index (χ0n) is 7.22. The largest absolute Gasteiger partial charge is 0.380 e. The number of nitrogens with one attached hydrogen (secondary N) is 1. The average Bonchev–Trinajstić information content (AvgIpc) is 1.98. The van der Waals surface area contributed by atoms with Gasteiger partial charge in [0, 0.05) is 12.0 Å². The smallest absolute Gasteiger partial charge is 0.232 e. The van der Waals surface area contributed by atoms with E-state index in [1.54, 1.807) is 0 Å². The van der Waals surface area contributed by atoms with Crippen LogP contribution in [0.3, 0.4) is 0 Å². The summed E-state index contributed by atoms with van der Waals surface area (Å²) in [5, 5.41) is 2.76. The van der Waals surface area contributed by atoms with Crippen molar-refractivity contribution in [3.8, 4) is 12.3 Å². The van der Waals surface area contributed by atoms with Crippen molar-refractivity contribution in [1.82, 2.24) is 5.32 Å². The summed E-state index contributed by atoms with van der Waals surface area (Å²) >= 11 is 0. The first-order chi connectivity index (χ1) is 5.66. The van der Waals surface area contributed by atoms with Crippen molar-refractivity contribution in [2.75, 3.05) is 19.8 Å². The molecule has 0 aliphatic carbocycles. The molecule has 1 heterocycles. The van der Waals surface area contributed by atoms with Gasteiger partial charge in [0.2, 0.25) is 5.91 Å². The molecule has 1 N–H and O–H groups in total. The third kappa shape index (κ3) is 2.24. The van der Waals surface area contributed by atoms with Crippen LogP contribution in [-0.2, 0) is 9.53 Å². The first-order valence-electron chi connectivity index (χ1n) is 3.94. The zero-order valence-corrected chi connectivity index (χ0v) is 7.22. The lowest BCUT2D eigenvalue weighted by atomic mass is 9.89. The van der Waals surface area contributed by atoms with Crippen molar-refractivity contribution in [3.05, 3.63) is 0 Å². The number of rotatable bonds is 3. The number of ether oxygens (including phenoxy) is 1. The Kier molecular flexibility index (Phi) is 2.72. The zero-order chi connectivity index (χ0) is 9.03. The van der Waals surface area contributed by atoms with Crippen LogP contribution in [0.25, 0.3) is 0 Å². The molecule has 0 atom stereocenters. The van der Waals surface area contributed by atoms with E-state index in [1.807, 2.05) is 0 Å². The Morgan fingerprint density at radius 2 is 2.42 bits per heavy atom. The topological polar surface area (TPSA) is 38.3 Å². The summed E-state index contributed by atoms with van der Waals surface area (Å²) in [6.07, 6.45) is 5.14. The van der Waals surface area contributed by atoms with E-state index >= 15 is 0 Å². The molecule has 66 valence electrons. The van der Waals surface area contributed by atoms with Gasteiger partial charge < -0.3 is 10.1 Å². The van der Waals surface area contributed by atoms with Gasteiger partial charge in [0.25, 0.3) is 0 Å². The molecule has 0 saturated carbocycles. The third-order valence-electron chi connectivity index (χ3n) is 1.88. The van der Waals surface area contributed by atoms with Gasteiger partial charge in [-0.05, 0) is 0 Å². The highest BCUT2D eigenvalue weighted by Crippen LogP contribution is 2.24. The molecule has 1 amide bonds. The molecule has 0 aromatic heterocycles. The predicted octanol–water partition coefficient (Wildman–Crippen LogP) is 0.162. The first-order valence-corrected chi connectivity index (χ1v) is 3.94. The SMILES string of the molecule is C#CCC(=O)NCC1(C)COC1. The van der Waals surface area contributed by atoms with Gasteiger partial charge in [-0.25, -0.2) is 0 Å². The maximum Gasteiger partial charge on any atom is 0.232 e. The van der Waals surface area contributed by atoms with Crippen molar-refractivity contribution >= 4 is 5.91 Å². The molecule has 1 aliphatic heterocycles. The highest BCUT2D eigenvalue weighted by molar-refractivity contribution is 5.78. The van der Waals surface area contributed by atoms with Crippen LogP contribution < -0.4 is 5.32 Å². The lowest BCUT2D eigenvalue weighted by molar-refractivity contribution is -0.125. The van der Waals surface area contributed by atoms with Crippen LogP contribution in [0, 0.1) is 17.8 Å². The van der Waals surface area contributed by atoms with E-state index in [0.717, 1.165) is 13.2 Å². The molecule has 1 saturated heterocycles. The van der Waals surface area contributed by atoms with Crippen LogP contribution >= 0.6 is 0 Å². The molecule has 1 aliphatic rings. The number of amides is 1. The molecule has 0 aromatic carbocycles. The fraction of sp³-hybridized carbons (Fsp3) is 0.667. The van der Waals surface area contributed by atoms with E-state index in [4.69, 9.17) is 11.2 Å². The molecule has 3 nitrogen and oxygen atoms in total. The van der Waals surface area contributed by atoms with Gasteiger partial charge in [-0.3, -0.25) is 4.79 Å².